The molecule has 5 rings (SSSR count). The number of ether oxygens (including phenoxy) is 2. The van der Waals surface area contributed by atoms with E-state index < -0.39 is 60.6 Å². The van der Waals surface area contributed by atoms with Crippen LogP contribution in [0, 0.1) is 0 Å². The number of hydrogen-bond donors (Lipinski definition) is 10. The molecule has 10 N–H and O–H groups in total. The highest BCUT2D eigenvalue weighted by atomic mass is 16.5. The molecule has 4 aromatic rings. The molecule has 44 heavy (non-hydrogen) atoms. The van der Waals surface area contributed by atoms with Gasteiger partial charge in [-0.25, -0.2) is 0 Å². The van der Waals surface area contributed by atoms with Crippen LogP contribution in [0.5, 0.6) is 46.0 Å². The molecule has 0 spiro atoms. The van der Waals surface area contributed by atoms with E-state index in [4.69, 9.17) is 9.47 Å². The molecule has 0 aromatic heterocycles. The predicted molar refractivity (Wildman–Crippen MR) is 156 cm³/mol. The Balaban J connectivity index is 1.74. The third-order valence-electron chi connectivity index (χ3n) is 7.53. The molecule has 0 aliphatic carbocycles. The van der Waals surface area contributed by atoms with Crippen molar-refractivity contribution in [3.63, 3.8) is 0 Å². The minimum Gasteiger partial charge on any atom is -0.508 e. The molecule has 12 heteroatoms. The van der Waals surface area contributed by atoms with Crippen molar-refractivity contribution in [1.82, 2.24) is 0 Å². The van der Waals surface area contributed by atoms with Crippen molar-refractivity contribution in [3.05, 3.63) is 71.8 Å². The fraction of sp³-hybridized carbons (Fsp3) is 0.250. The first-order chi connectivity index (χ1) is 20.8. The minimum absolute atomic E-state index is 0.00805. The monoisotopic (exact) mass is 608 g/mol. The van der Waals surface area contributed by atoms with E-state index in [-0.39, 0.29) is 69.2 Å². The van der Waals surface area contributed by atoms with Crippen LogP contribution in [-0.2, 0) is 12.8 Å². The van der Waals surface area contributed by atoms with Gasteiger partial charge < -0.3 is 60.5 Å². The van der Waals surface area contributed by atoms with E-state index in [2.05, 4.69) is 0 Å². The average molecular weight is 609 g/mol. The Kier molecular flexibility index (Phi) is 8.10. The van der Waals surface area contributed by atoms with Crippen LogP contribution in [0.4, 0.5) is 0 Å². The van der Waals surface area contributed by atoms with E-state index in [0.29, 0.717) is 0 Å². The number of benzene rings is 4. The maximum absolute atomic E-state index is 11.5. The number of phenolic OH excluding ortho intramolecular Hbond substituents is 6. The summed E-state index contributed by atoms with van der Waals surface area (Å²) in [6, 6.07) is 12.9. The zero-order valence-electron chi connectivity index (χ0n) is 23.3. The van der Waals surface area contributed by atoms with E-state index >= 15 is 0 Å². The quantitative estimate of drug-likeness (QED) is 0.148. The Morgan fingerprint density at radius 1 is 0.500 bits per heavy atom. The maximum atomic E-state index is 11.5. The third kappa shape index (κ3) is 6.10. The molecule has 12 nitrogen and oxygen atoms in total. The smallest absolute Gasteiger partial charge is 0.158 e. The average Bonchev–Trinajstić information content (AvgIpc) is 2.98. The minimum atomic E-state index is -1.98. The van der Waals surface area contributed by atoms with Crippen molar-refractivity contribution in [3.8, 4) is 68.2 Å². The van der Waals surface area contributed by atoms with Gasteiger partial charge in [0, 0.05) is 36.1 Å². The number of aromatic hydroxyl groups is 6. The summed E-state index contributed by atoms with van der Waals surface area (Å²) in [7, 11) is 0. The fourth-order valence-corrected chi connectivity index (χ4v) is 5.18. The van der Waals surface area contributed by atoms with E-state index in [1.165, 1.54) is 60.7 Å². The molecule has 0 amide bonds. The standard InChI is InChI=1S/C32H32O12/c33-13-31(41)11-17-5-25(37)27(39)9-23(17)21-3-1-19(35)7-29(21)43-15-32(42,14-34)12-18-6-26(38)28(40)10-24(18)22-4-2-20(36)8-30(22)44-16-31/h1-10,33-42H,11-16H2/t31-,32+. The molecule has 0 saturated carbocycles. The largest absolute Gasteiger partial charge is 0.508 e. The molecule has 1 aliphatic heterocycles. The first kappa shape index (κ1) is 30.6. The van der Waals surface area contributed by atoms with Crippen LogP contribution >= 0.6 is 0 Å². The zero-order valence-corrected chi connectivity index (χ0v) is 23.3. The second kappa shape index (κ2) is 11.7. The molecule has 0 unspecified atom stereocenters. The fourth-order valence-electron chi connectivity index (χ4n) is 5.18. The third-order valence-corrected chi connectivity index (χ3v) is 7.53. The predicted octanol–water partition coefficient (Wildman–Crippen LogP) is 2.26. The van der Waals surface area contributed by atoms with Crippen LogP contribution in [0.25, 0.3) is 22.3 Å². The molecular weight excluding hydrogens is 576 g/mol. The van der Waals surface area contributed by atoms with Gasteiger partial charge in [0.2, 0.25) is 0 Å². The summed E-state index contributed by atoms with van der Waals surface area (Å²) in [6.45, 7) is -2.70. The molecule has 1 aliphatic rings. The van der Waals surface area contributed by atoms with Gasteiger partial charge >= 0.3 is 0 Å². The van der Waals surface area contributed by atoms with Crippen molar-refractivity contribution < 1.29 is 60.5 Å². The van der Waals surface area contributed by atoms with Gasteiger partial charge in [0.25, 0.3) is 0 Å². The lowest BCUT2D eigenvalue weighted by Gasteiger charge is -2.30. The van der Waals surface area contributed by atoms with Gasteiger partial charge in [0.15, 0.2) is 23.0 Å². The number of aliphatic hydroxyl groups excluding tert-OH is 2. The zero-order chi connectivity index (χ0) is 31.8. The molecule has 0 radical (unpaired) electrons. The van der Waals surface area contributed by atoms with Crippen LogP contribution in [-0.4, -0.2) is 88.7 Å². The maximum Gasteiger partial charge on any atom is 0.158 e. The summed E-state index contributed by atoms with van der Waals surface area (Å²) in [5.74, 6) is -2.42. The molecular formula is C32H32O12. The number of phenols is 6. The summed E-state index contributed by atoms with van der Waals surface area (Å²) in [5, 5.41) is 105. The lowest BCUT2D eigenvalue weighted by atomic mass is 9.88. The van der Waals surface area contributed by atoms with E-state index in [1.54, 1.807) is 0 Å². The van der Waals surface area contributed by atoms with Crippen LogP contribution < -0.4 is 9.47 Å². The van der Waals surface area contributed by atoms with Gasteiger partial charge in [-0.3, -0.25) is 0 Å². The van der Waals surface area contributed by atoms with E-state index in [0.717, 1.165) is 0 Å². The number of aliphatic hydroxyl groups is 4. The second-order valence-electron chi connectivity index (χ2n) is 11.1. The van der Waals surface area contributed by atoms with E-state index in [1.807, 2.05) is 0 Å². The van der Waals surface area contributed by atoms with Crippen molar-refractivity contribution in [2.75, 3.05) is 26.4 Å². The summed E-state index contributed by atoms with van der Waals surface area (Å²) in [5.41, 5.74) is -2.47. The van der Waals surface area contributed by atoms with Crippen LogP contribution in [0.15, 0.2) is 60.7 Å². The van der Waals surface area contributed by atoms with Crippen LogP contribution in [0.3, 0.4) is 0 Å². The molecule has 0 saturated heterocycles. The highest BCUT2D eigenvalue weighted by molar-refractivity contribution is 5.78. The lowest BCUT2D eigenvalue weighted by molar-refractivity contribution is -0.0471. The highest BCUT2D eigenvalue weighted by Gasteiger charge is 2.33. The lowest BCUT2D eigenvalue weighted by Crippen LogP contribution is -2.42. The Labute approximate surface area is 251 Å². The topological polar surface area (TPSA) is 221 Å². The van der Waals surface area contributed by atoms with Crippen LogP contribution in [0.2, 0.25) is 0 Å². The Bertz CT molecular complexity index is 1580. The normalized spacial score (nSPS) is 20.3. The molecule has 1 heterocycles. The first-order valence-corrected chi connectivity index (χ1v) is 13.5. The van der Waals surface area contributed by atoms with Gasteiger partial charge in [0.05, 0.1) is 13.2 Å². The first-order valence-electron chi connectivity index (χ1n) is 13.5. The molecule has 0 fully saturated rings. The van der Waals surface area contributed by atoms with E-state index in [9.17, 15) is 51.1 Å². The molecule has 2 atom stereocenters. The van der Waals surface area contributed by atoms with Gasteiger partial charge in [0.1, 0.15) is 47.4 Å². The number of fused-ring (bicyclic) bond motifs is 6. The van der Waals surface area contributed by atoms with Crippen molar-refractivity contribution >= 4 is 0 Å². The van der Waals surface area contributed by atoms with Crippen molar-refractivity contribution in [2.45, 2.75) is 24.0 Å². The number of rotatable bonds is 2. The van der Waals surface area contributed by atoms with Gasteiger partial charge in [-0.05, 0) is 70.8 Å². The Morgan fingerprint density at radius 3 is 1.23 bits per heavy atom. The van der Waals surface area contributed by atoms with Crippen molar-refractivity contribution in [2.24, 2.45) is 0 Å². The van der Waals surface area contributed by atoms with Crippen LogP contribution in [0.1, 0.15) is 11.1 Å². The van der Waals surface area contributed by atoms with Gasteiger partial charge in [-0.15, -0.1) is 0 Å². The molecule has 0 bridgehead atoms. The summed E-state index contributed by atoms with van der Waals surface area (Å²) < 4.78 is 11.9. The highest BCUT2D eigenvalue weighted by Crippen LogP contribution is 2.44. The van der Waals surface area contributed by atoms with Gasteiger partial charge in [-0.1, -0.05) is 0 Å². The summed E-state index contributed by atoms with van der Waals surface area (Å²) >= 11 is 0. The Hall–Kier alpha value is -4.88. The number of hydrogen-bond acceptors (Lipinski definition) is 12. The SMILES string of the molecule is OC[C@@]1(O)COc2cc(O)ccc2-c2cc(O)c(O)cc2C[C@](O)(CO)COc2cc(O)ccc2-c2cc(O)c(O)cc2C1. The van der Waals surface area contributed by atoms with Crippen molar-refractivity contribution in [1.29, 1.82) is 0 Å². The summed E-state index contributed by atoms with van der Waals surface area (Å²) in [4.78, 5) is 0. The molecule has 232 valence electrons. The molecule has 4 aromatic carbocycles. The second-order valence-corrected chi connectivity index (χ2v) is 11.1. The summed E-state index contributed by atoms with van der Waals surface area (Å²) in [6.07, 6.45) is -0.653. The Morgan fingerprint density at radius 2 is 0.864 bits per heavy atom. The van der Waals surface area contributed by atoms with Gasteiger partial charge in [-0.2, -0.15) is 0 Å².